The van der Waals surface area contributed by atoms with E-state index < -0.39 is 6.16 Å². The predicted octanol–water partition coefficient (Wildman–Crippen LogP) is -0.0457. The van der Waals surface area contributed by atoms with Crippen molar-refractivity contribution in [2.24, 2.45) is 7.05 Å². The third-order valence-corrected chi connectivity index (χ3v) is 1.79. The van der Waals surface area contributed by atoms with Crippen molar-refractivity contribution in [2.45, 2.75) is 5.16 Å². The lowest BCUT2D eigenvalue weighted by Crippen LogP contribution is -2.00. The molecule has 0 bridgehead atoms. The first-order chi connectivity index (χ1) is 5.70. The minimum Gasteiger partial charge on any atom is -0.450 e. The quantitative estimate of drug-likeness (QED) is 0.406. The van der Waals surface area contributed by atoms with Crippen molar-refractivity contribution >= 4 is 17.9 Å². The van der Waals surface area contributed by atoms with Gasteiger partial charge < -0.3 is 9.84 Å². The molecule has 0 aromatic carbocycles. The molecule has 1 rings (SSSR count). The fraction of sp³-hybridized carbons (Fsp3) is 0.500. The smallest absolute Gasteiger partial charge is 0.450 e. The summed E-state index contributed by atoms with van der Waals surface area (Å²) in [5.74, 6) is -0.0104. The largest absolute Gasteiger partial charge is 0.506 e. The Kier molecular flexibility index (Phi) is 2.86. The number of nitrogens with zero attached hydrogens (tertiary/aromatic N) is 4. The fourth-order valence-corrected chi connectivity index (χ4v) is 1.06. The third-order valence-electron chi connectivity index (χ3n) is 0.952. The number of carbonyl (C=O) groups is 1. The molecule has 0 aliphatic carbocycles. The van der Waals surface area contributed by atoms with Gasteiger partial charge in [0, 0.05) is 7.05 Å². The van der Waals surface area contributed by atoms with Crippen LogP contribution < -0.4 is 0 Å². The highest BCUT2D eigenvalue weighted by Crippen LogP contribution is 2.11. The van der Waals surface area contributed by atoms with Crippen LogP contribution in [-0.2, 0) is 11.8 Å². The van der Waals surface area contributed by atoms with Crippen LogP contribution in [0.25, 0.3) is 0 Å². The molecular weight excluding hydrogens is 184 g/mol. The Balaban J connectivity index is 2.33. The molecule has 0 aliphatic rings. The van der Waals surface area contributed by atoms with Crippen molar-refractivity contribution in [1.29, 1.82) is 0 Å². The topological polar surface area (TPSA) is 90.1 Å². The first kappa shape index (κ1) is 8.78. The average Bonchev–Trinajstić information content (AvgIpc) is 2.36. The minimum absolute atomic E-state index is 0.0104. The van der Waals surface area contributed by atoms with Gasteiger partial charge in [-0.2, -0.15) is 0 Å². The number of thioether (sulfide) groups is 1. The van der Waals surface area contributed by atoms with Gasteiger partial charge in [-0.1, -0.05) is 0 Å². The predicted molar refractivity (Wildman–Crippen MR) is 38.6 cm³/mol. The zero-order chi connectivity index (χ0) is 8.97. The lowest BCUT2D eigenvalue weighted by molar-refractivity contribution is 0.109. The average molecular weight is 190 g/mol. The van der Waals surface area contributed by atoms with Gasteiger partial charge in [0.15, 0.2) is 0 Å². The number of tetrazole rings is 1. The van der Waals surface area contributed by atoms with E-state index in [0.29, 0.717) is 5.16 Å². The van der Waals surface area contributed by atoms with Crippen LogP contribution in [0.4, 0.5) is 4.79 Å². The Morgan fingerprint density at radius 2 is 2.58 bits per heavy atom. The van der Waals surface area contributed by atoms with E-state index in [1.54, 1.807) is 7.05 Å². The molecule has 8 heteroatoms. The van der Waals surface area contributed by atoms with Crippen LogP contribution in [0.1, 0.15) is 0 Å². The molecule has 0 aliphatic heterocycles. The Bertz CT molecular complexity index is 275. The summed E-state index contributed by atoms with van der Waals surface area (Å²) in [7, 11) is 1.66. The van der Waals surface area contributed by atoms with E-state index in [1.165, 1.54) is 4.68 Å². The molecule has 0 radical (unpaired) electrons. The van der Waals surface area contributed by atoms with Gasteiger partial charge >= 0.3 is 6.16 Å². The standard InChI is InChI=1S/C4H6N4O3S/c1-8-3(5-6-7-8)12-2-11-4(9)10/h2H2,1H3,(H,9,10). The number of carboxylic acid groups (broad SMARTS) is 1. The van der Waals surface area contributed by atoms with Crippen molar-refractivity contribution in [3.63, 3.8) is 0 Å². The van der Waals surface area contributed by atoms with Crippen LogP contribution in [-0.4, -0.2) is 37.4 Å². The van der Waals surface area contributed by atoms with Gasteiger partial charge in [-0.3, -0.25) is 0 Å². The second-order valence-corrected chi connectivity index (χ2v) is 2.65. The molecule has 0 saturated carbocycles. The van der Waals surface area contributed by atoms with Crippen molar-refractivity contribution in [3.05, 3.63) is 0 Å². The van der Waals surface area contributed by atoms with Crippen molar-refractivity contribution in [1.82, 2.24) is 20.2 Å². The third kappa shape index (κ3) is 2.38. The van der Waals surface area contributed by atoms with E-state index in [9.17, 15) is 4.79 Å². The molecule has 0 amide bonds. The molecular formula is C4H6N4O3S. The van der Waals surface area contributed by atoms with Crippen LogP contribution in [0.5, 0.6) is 0 Å². The maximum Gasteiger partial charge on any atom is 0.506 e. The van der Waals surface area contributed by atoms with E-state index in [2.05, 4.69) is 20.3 Å². The molecule has 0 saturated heterocycles. The zero-order valence-electron chi connectivity index (χ0n) is 6.17. The van der Waals surface area contributed by atoms with Crippen LogP contribution in [0.2, 0.25) is 0 Å². The van der Waals surface area contributed by atoms with Gasteiger partial charge in [0.2, 0.25) is 5.16 Å². The number of aromatic nitrogens is 4. The maximum absolute atomic E-state index is 9.92. The Morgan fingerprint density at radius 3 is 3.08 bits per heavy atom. The highest BCUT2D eigenvalue weighted by molar-refractivity contribution is 7.99. The summed E-state index contributed by atoms with van der Waals surface area (Å²) < 4.78 is 5.67. The van der Waals surface area contributed by atoms with E-state index >= 15 is 0 Å². The maximum atomic E-state index is 9.92. The molecule has 12 heavy (non-hydrogen) atoms. The molecule has 0 spiro atoms. The monoisotopic (exact) mass is 190 g/mol. The summed E-state index contributed by atoms with van der Waals surface area (Å²) in [5, 5.41) is 19.1. The highest BCUT2D eigenvalue weighted by atomic mass is 32.2. The van der Waals surface area contributed by atoms with Gasteiger partial charge in [0.05, 0.1) is 0 Å². The van der Waals surface area contributed by atoms with Crippen LogP contribution in [0.3, 0.4) is 0 Å². The molecule has 66 valence electrons. The molecule has 7 nitrogen and oxygen atoms in total. The molecule has 0 unspecified atom stereocenters. The van der Waals surface area contributed by atoms with Gasteiger partial charge in [-0.05, 0) is 22.2 Å². The van der Waals surface area contributed by atoms with Gasteiger partial charge in [0.1, 0.15) is 5.94 Å². The van der Waals surface area contributed by atoms with Gasteiger partial charge in [0.25, 0.3) is 0 Å². The van der Waals surface area contributed by atoms with Crippen LogP contribution in [0, 0.1) is 0 Å². The van der Waals surface area contributed by atoms with E-state index in [-0.39, 0.29) is 5.94 Å². The van der Waals surface area contributed by atoms with E-state index in [4.69, 9.17) is 5.11 Å². The molecule has 0 fully saturated rings. The Hall–Kier alpha value is -1.31. The first-order valence-electron chi connectivity index (χ1n) is 2.91. The number of aryl methyl sites for hydroxylation is 1. The Labute approximate surface area is 71.7 Å². The summed E-state index contributed by atoms with van der Waals surface area (Å²) in [6, 6.07) is 0. The van der Waals surface area contributed by atoms with Crippen molar-refractivity contribution in [2.75, 3.05) is 5.94 Å². The molecule has 0 atom stereocenters. The lowest BCUT2D eigenvalue weighted by atomic mass is 11.2. The number of hydrogen-bond acceptors (Lipinski definition) is 6. The van der Waals surface area contributed by atoms with Gasteiger partial charge in [-0.15, -0.1) is 5.10 Å². The molecule has 1 aromatic rings. The summed E-state index contributed by atoms with van der Waals surface area (Å²) in [6.07, 6.45) is -1.31. The molecule has 1 N–H and O–H groups in total. The van der Waals surface area contributed by atoms with Crippen molar-refractivity contribution < 1.29 is 14.6 Å². The summed E-state index contributed by atoms with van der Waals surface area (Å²) >= 11 is 1.11. The second-order valence-electron chi connectivity index (χ2n) is 1.76. The highest BCUT2D eigenvalue weighted by Gasteiger charge is 2.03. The zero-order valence-corrected chi connectivity index (χ0v) is 6.98. The number of hydrogen-bond donors (Lipinski definition) is 1. The molecule has 1 aromatic heterocycles. The lowest BCUT2D eigenvalue weighted by Gasteiger charge is -1.97. The summed E-state index contributed by atoms with van der Waals surface area (Å²) in [5.41, 5.74) is 0. The summed E-state index contributed by atoms with van der Waals surface area (Å²) in [4.78, 5) is 9.92. The van der Waals surface area contributed by atoms with Crippen LogP contribution >= 0.6 is 11.8 Å². The number of rotatable bonds is 3. The normalized spacial score (nSPS) is 9.75. The van der Waals surface area contributed by atoms with Gasteiger partial charge in [-0.25, -0.2) is 9.48 Å². The summed E-state index contributed by atoms with van der Waals surface area (Å²) in [6.45, 7) is 0. The first-order valence-corrected chi connectivity index (χ1v) is 3.89. The van der Waals surface area contributed by atoms with Crippen molar-refractivity contribution in [3.8, 4) is 0 Å². The second kappa shape index (κ2) is 3.90. The fourth-order valence-electron chi connectivity index (χ4n) is 0.476. The minimum atomic E-state index is -1.31. The van der Waals surface area contributed by atoms with E-state index in [0.717, 1.165) is 11.8 Å². The SMILES string of the molecule is Cn1nnnc1SCOC(=O)O. The number of ether oxygens (including phenoxy) is 1. The Morgan fingerprint density at radius 1 is 1.83 bits per heavy atom. The molecule has 1 heterocycles. The van der Waals surface area contributed by atoms with E-state index in [1.807, 2.05) is 0 Å². The van der Waals surface area contributed by atoms with Crippen LogP contribution in [0.15, 0.2) is 5.16 Å².